The summed E-state index contributed by atoms with van der Waals surface area (Å²) in [5.41, 5.74) is 2.02. The number of hydrogen-bond donors (Lipinski definition) is 0. The Hall–Kier alpha value is -3.06. The van der Waals surface area contributed by atoms with Crippen molar-refractivity contribution in [3.63, 3.8) is 0 Å². The van der Waals surface area contributed by atoms with Crippen molar-refractivity contribution >= 4 is 0 Å². The van der Waals surface area contributed by atoms with Gasteiger partial charge in [0.25, 0.3) is 0 Å². The largest absolute Gasteiger partial charge is 0.416 e. The fraction of sp³-hybridized carbons (Fsp3) is 0.174. The molecule has 0 saturated carbocycles. The summed E-state index contributed by atoms with van der Waals surface area (Å²) in [6.07, 6.45) is -4.42. The van der Waals surface area contributed by atoms with E-state index in [1.54, 1.807) is 0 Å². The van der Waals surface area contributed by atoms with Crippen molar-refractivity contribution in [2.24, 2.45) is 0 Å². The molecule has 0 N–H and O–H groups in total. The maximum atomic E-state index is 13.0. The predicted octanol–water partition coefficient (Wildman–Crippen LogP) is 6.18. The monoisotopic (exact) mass is 365 g/mol. The van der Waals surface area contributed by atoms with E-state index in [2.05, 4.69) is 6.07 Å². The Kier molecular flexibility index (Phi) is 4.80. The van der Waals surface area contributed by atoms with E-state index in [0.29, 0.717) is 5.56 Å². The highest BCUT2D eigenvalue weighted by Gasteiger charge is 2.39. The molecule has 0 aliphatic carbocycles. The van der Waals surface area contributed by atoms with Crippen LogP contribution in [-0.4, -0.2) is 0 Å². The molecule has 0 aliphatic heterocycles. The van der Waals surface area contributed by atoms with E-state index in [0.717, 1.165) is 34.4 Å². The van der Waals surface area contributed by atoms with Gasteiger partial charge >= 0.3 is 6.18 Å². The number of nitrogens with zero attached hydrogens (tertiary/aromatic N) is 1. The van der Waals surface area contributed by atoms with Gasteiger partial charge in [-0.2, -0.15) is 18.4 Å². The average molecular weight is 365 g/mol. The first-order chi connectivity index (χ1) is 12.8. The lowest BCUT2D eigenvalue weighted by Gasteiger charge is -2.30. The molecule has 0 heterocycles. The fourth-order valence-corrected chi connectivity index (χ4v) is 3.37. The number of nitriles is 1. The lowest BCUT2D eigenvalue weighted by molar-refractivity contribution is -0.137. The van der Waals surface area contributed by atoms with E-state index in [9.17, 15) is 18.4 Å². The van der Waals surface area contributed by atoms with Crippen molar-refractivity contribution in [2.75, 3.05) is 0 Å². The Labute approximate surface area is 156 Å². The van der Waals surface area contributed by atoms with Crippen molar-refractivity contribution in [1.29, 1.82) is 5.26 Å². The highest BCUT2D eigenvalue weighted by molar-refractivity contribution is 5.58. The van der Waals surface area contributed by atoms with Crippen LogP contribution in [0.5, 0.6) is 0 Å². The molecule has 0 aromatic heterocycles. The highest BCUT2D eigenvalue weighted by atomic mass is 19.4. The zero-order chi connectivity index (χ0) is 19.7. The molecule has 136 valence electrons. The lowest BCUT2D eigenvalue weighted by Crippen LogP contribution is -2.28. The SMILES string of the molecule is Cc1ccc(C(C#N)(c2ccc(C(F)(F)F)cc2)c2ccccc2C)cc1. The first kappa shape index (κ1) is 18.7. The molecular formula is C23H18F3N. The lowest BCUT2D eigenvalue weighted by atomic mass is 9.69. The van der Waals surface area contributed by atoms with Crippen molar-refractivity contribution in [1.82, 2.24) is 0 Å². The third kappa shape index (κ3) is 3.33. The van der Waals surface area contributed by atoms with Crippen molar-refractivity contribution in [3.05, 3.63) is 106 Å². The Morgan fingerprint density at radius 2 is 1.19 bits per heavy atom. The molecule has 0 spiro atoms. The summed E-state index contributed by atoms with van der Waals surface area (Å²) in [7, 11) is 0. The number of rotatable bonds is 3. The second-order valence-corrected chi connectivity index (χ2v) is 6.62. The summed E-state index contributed by atoms with van der Waals surface area (Å²) >= 11 is 0. The van der Waals surface area contributed by atoms with Crippen LogP contribution in [0.3, 0.4) is 0 Å². The smallest absolute Gasteiger partial charge is 0.197 e. The molecule has 3 rings (SSSR count). The van der Waals surface area contributed by atoms with Gasteiger partial charge in [0, 0.05) is 0 Å². The van der Waals surface area contributed by atoms with Crippen molar-refractivity contribution in [2.45, 2.75) is 25.4 Å². The second-order valence-electron chi connectivity index (χ2n) is 6.62. The van der Waals surface area contributed by atoms with E-state index in [-0.39, 0.29) is 0 Å². The summed E-state index contributed by atoms with van der Waals surface area (Å²) < 4.78 is 39.0. The molecule has 27 heavy (non-hydrogen) atoms. The third-order valence-corrected chi connectivity index (χ3v) is 4.85. The van der Waals surface area contributed by atoms with Gasteiger partial charge in [-0.15, -0.1) is 0 Å². The molecule has 1 unspecified atom stereocenters. The zero-order valence-corrected chi connectivity index (χ0v) is 15.0. The molecule has 4 heteroatoms. The Balaban J connectivity index is 2.29. The molecule has 0 radical (unpaired) electrons. The topological polar surface area (TPSA) is 23.8 Å². The van der Waals surface area contributed by atoms with Crippen LogP contribution in [0.4, 0.5) is 13.2 Å². The first-order valence-electron chi connectivity index (χ1n) is 8.51. The number of aryl methyl sites for hydroxylation is 2. The van der Waals surface area contributed by atoms with Crippen LogP contribution in [0.1, 0.15) is 33.4 Å². The average Bonchev–Trinajstić information content (AvgIpc) is 2.65. The predicted molar refractivity (Wildman–Crippen MR) is 99.3 cm³/mol. The van der Waals surface area contributed by atoms with Gasteiger partial charge in [-0.25, -0.2) is 0 Å². The van der Waals surface area contributed by atoms with Gasteiger partial charge in [-0.3, -0.25) is 0 Å². The summed E-state index contributed by atoms with van der Waals surface area (Å²) in [4.78, 5) is 0. The van der Waals surface area contributed by atoms with Gasteiger partial charge in [0.05, 0.1) is 11.6 Å². The molecular weight excluding hydrogens is 347 g/mol. The van der Waals surface area contributed by atoms with Crippen LogP contribution >= 0.6 is 0 Å². The Morgan fingerprint density at radius 3 is 1.67 bits per heavy atom. The van der Waals surface area contributed by atoms with E-state index >= 15 is 0 Å². The highest BCUT2D eigenvalue weighted by Crippen LogP contribution is 2.41. The minimum absolute atomic E-state index is 0.510. The van der Waals surface area contributed by atoms with Crippen LogP contribution in [0, 0.1) is 25.2 Å². The van der Waals surface area contributed by atoms with E-state index in [1.165, 1.54) is 12.1 Å². The molecule has 1 atom stereocenters. The maximum absolute atomic E-state index is 13.0. The standard InChI is InChI=1S/C23H18F3N/c1-16-7-9-18(10-8-16)22(15-27,21-6-4-3-5-17(21)2)19-11-13-20(14-12-19)23(24,25)26/h3-14H,1-2H3. The van der Waals surface area contributed by atoms with Crippen LogP contribution in [0.2, 0.25) is 0 Å². The minimum atomic E-state index is -4.42. The van der Waals surface area contributed by atoms with Gasteiger partial charge in [-0.1, -0.05) is 66.2 Å². The first-order valence-corrected chi connectivity index (χ1v) is 8.51. The van der Waals surface area contributed by atoms with E-state index in [1.807, 2.05) is 62.4 Å². The molecule has 3 aromatic carbocycles. The molecule has 1 nitrogen and oxygen atoms in total. The van der Waals surface area contributed by atoms with E-state index in [4.69, 9.17) is 0 Å². The minimum Gasteiger partial charge on any atom is -0.197 e. The number of hydrogen-bond acceptors (Lipinski definition) is 1. The maximum Gasteiger partial charge on any atom is 0.416 e. The van der Waals surface area contributed by atoms with Crippen molar-refractivity contribution < 1.29 is 13.2 Å². The normalized spacial score (nSPS) is 13.6. The number of benzene rings is 3. The molecule has 0 amide bonds. The van der Waals surface area contributed by atoms with Crippen LogP contribution < -0.4 is 0 Å². The Bertz CT molecular complexity index is 980. The van der Waals surface area contributed by atoms with Crippen molar-refractivity contribution in [3.8, 4) is 6.07 Å². The number of halogens is 3. The molecule has 0 aliphatic rings. The van der Waals surface area contributed by atoms with E-state index < -0.39 is 17.2 Å². The molecule has 0 bridgehead atoms. The summed E-state index contributed by atoms with van der Waals surface area (Å²) in [6.45, 7) is 3.85. The van der Waals surface area contributed by atoms with Crippen LogP contribution in [-0.2, 0) is 11.6 Å². The summed E-state index contributed by atoms with van der Waals surface area (Å²) in [5.74, 6) is 0. The fourth-order valence-electron chi connectivity index (χ4n) is 3.37. The summed E-state index contributed by atoms with van der Waals surface area (Å²) in [5, 5.41) is 10.3. The van der Waals surface area contributed by atoms with Gasteiger partial charge < -0.3 is 0 Å². The van der Waals surface area contributed by atoms with Gasteiger partial charge in [-0.05, 0) is 48.2 Å². The van der Waals surface area contributed by atoms with Gasteiger partial charge in [0.2, 0.25) is 0 Å². The second kappa shape index (κ2) is 6.92. The third-order valence-electron chi connectivity index (χ3n) is 4.85. The quantitative estimate of drug-likeness (QED) is 0.508. The molecule has 0 saturated heterocycles. The summed E-state index contributed by atoms with van der Waals surface area (Å²) in [6, 6.07) is 22.3. The zero-order valence-electron chi connectivity index (χ0n) is 15.0. The molecule has 0 fully saturated rings. The Morgan fingerprint density at radius 1 is 0.704 bits per heavy atom. The number of alkyl halides is 3. The van der Waals surface area contributed by atoms with Crippen LogP contribution in [0.25, 0.3) is 0 Å². The van der Waals surface area contributed by atoms with Crippen LogP contribution in [0.15, 0.2) is 72.8 Å². The van der Waals surface area contributed by atoms with Gasteiger partial charge in [0.15, 0.2) is 0 Å². The van der Waals surface area contributed by atoms with Gasteiger partial charge in [0.1, 0.15) is 5.41 Å². The molecule has 3 aromatic rings.